The summed E-state index contributed by atoms with van der Waals surface area (Å²) in [7, 11) is 0. The quantitative estimate of drug-likeness (QED) is 0.840. The zero-order valence-electron chi connectivity index (χ0n) is 11.1. The van der Waals surface area contributed by atoms with Crippen LogP contribution in [0.5, 0.6) is 5.75 Å². The van der Waals surface area contributed by atoms with Crippen molar-refractivity contribution in [3.8, 4) is 5.75 Å². The lowest BCUT2D eigenvalue weighted by Gasteiger charge is -2.28. The van der Waals surface area contributed by atoms with Gasteiger partial charge >= 0.3 is 0 Å². The molecular formula is C15H22N2O. The van der Waals surface area contributed by atoms with E-state index in [0.29, 0.717) is 6.10 Å². The Morgan fingerprint density at radius 2 is 2.00 bits per heavy atom. The lowest BCUT2D eigenvalue weighted by atomic mass is 10.0. The molecule has 0 radical (unpaired) electrons. The number of anilines is 1. The first-order valence-corrected chi connectivity index (χ1v) is 7.14. The smallest absolute Gasteiger partial charge is 0.143 e. The summed E-state index contributed by atoms with van der Waals surface area (Å²) in [5, 5.41) is 6.98. The molecule has 0 aliphatic carbocycles. The van der Waals surface area contributed by atoms with Crippen LogP contribution in [-0.4, -0.2) is 25.7 Å². The number of rotatable bonds is 2. The molecule has 1 unspecified atom stereocenters. The highest BCUT2D eigenvalue weighted by molar-refractivity contribution is 5.62. The van der Waals surface area contributed by atoms with Gasteiger partial charge in [-0.1, -0.05) is 13.3 Å². The SMILES string of the molecule is CCCC1CNc2cc3c(cc2O1)CCNCC3. The summed E-state index contributed by atoms with van der Waals surface area (Å²) in [4.78, 5) is 0. The fourth-order valence-corrected chi connectivity index (χ4v) is 2.87. The van der Waals surface area contributed by atoms with Crippen molar-refractivity contribution in [2.75, 3.05) is 25.0 Å². The highest BCUT2D eigenvalue weighted by Gasteiger charge is 2.20. The summed E-state index contributed by atoms with van der Waals surface area (Å²) >= 11 is 0. The minimum Gasteiger partial charge on any atom is -0.486 e. The van der Waals surface area contributed by atoms with Gasteiger partial charge in [0.1, 0.15) is 11.9 Å². The van der Waals surface area contributed by atoms with Gasteiger partial charge in [0.15, 0.2) is 0 Å². The largest absolute Gasteiger partial charge is 0.486 e. The van der Waals surface area contributed by atoms with Crippen molar-refractivity contribution >= 4 is 5.69 Å². The van der Waals surface area contributed by atoms with Crippen molar-refractivity contribution in [2.45, 2.75) is 38.7 Å². The topological polar surface area (TPSA) is 33.3 Å². The fourth-order valence-electron chi connectivity index (χ4n) is 2.87. The summed E-state index contributed by atoms with van der Waals surface area (Å²) in [5.41, 5.74) is 4.12. The van der Waals surface area contributed by atoms with Crippen molar-refractivity contribution in [3.05, 3.63) is 23.3 Å². The first kappa shape index (κ1) is 11.8. The third-order valence-electron chi connectivity index (χ3n) is 3.87. The summed E-state index contributed by atoms with van der Waals surface area (Å²) in [6, 6.07) is 4.55. The van der Waals surface area contributed by atoms with Gasteiger partial charge in [-0.05, 0) is 55.6 Å². The predicted octanol–water partition coefficient (Wildman–Crippen LogP) is 2.35. The highest BCUT2D eigenvalue weighted by atomic mass is 16.5. The van der Waals surface area contributed by atoms with Gasteiger partial charge in [0.2, 0.25) is 0 Å². The minimum atomic E-state index is 0.337. The van der Waals surface area contributed by atoms with Gasteiger partial charge in [-0.3, -0.25) is 0 Å². The highest BCUT2D eigenvalue weighted by Crippen LogP contribution is 2.34. The van der Waals surface area contributed by atoms with E-state index < -0.39 is 0 Å². The number of nitrogens with one attached hydrogen (secondary N) is 2. The van der Waals surface area contributed by atoms with Crippen LogP contribution < -0.4 is 15.4 Å². The molecule has 3 nitrogen and oxygen atoms in total. The molecule has 2 heterocycles. The molecule has 0 saturated heterocycles. The number of ether oxygens (including phenoxy) is 1. The van der Waals surface area contributed by atoms with E-state index in [0.717, 1.165) is 44.6 Å². The average molecular weight is 246 g/mol. The van der Waals surface area contributed by atoms with Crippen LogP contribution in [0.1, 0.15) is 30.9 Å². The number of hydrogen-bond acceptors (Lipinski definition) is 3. The van der Waals surface area contributed by atoms with Crippen LogP contribution in [0.4, 0.5) is 5.69 Å². The van der Waals surface area contributed by atoms with Gasteiger partial charge < -0.3 is 15.4 Å². The maximum Gasteiger partial charge on any atom is 0.143 e. The summed E-state index contributed by atoms with van der Waals surface area (Å²) in [6.45, 7) is 5.32. The molecule has 1 aromatic carbocycles. The van der Waals surface area contributed by atoms with Crippen LogP contribution in [0.15, 0.2) is 12.1 Å². The van der Waals surface area contributed by atoms with E-state index in [9.17, 15) is 0 Å². The molecule has 0 spiro atoms. The Labute approximate surface area is 109 Å². The second kappa shape index (κ2) is 5.19. The van der Waals surface area contributed by atoms with E-state index in [4.69, 9.17) is 4.74 Å². The first-order chi connectivity index (χ1) is 8.86. The third-order valence-corrected chi connectivity index (χ3v) is 3.87. The van der Waals surface area contributed by atoms with E-state index in [1.165, 1.54) is 23.2 Å². The van der Waals surface area contributed by atoms with E-state index in [-0.39, 0.29) is 0 Å². The van der Waals surface area contributed by atoms with E-state index in [1.807, 2.05) is 0 Å². The van der Waals surface area contributed by atoms with Gasteiger partial charge in [-0.15, -0.1) is 0 Å². The van der Waals surface area contributed by atoms with Crippen LogP contribution in [-0.2, 0) is 12.8 Å². The zero-order chi connectivity index (χ0) is 12.4. The lowest BCUT2D eigenvalue weighted by molar-refractivity contribution is 0.194. The maximum atomic E-state index is 6.10. The molecule has 98 valence electrons. The van der Waals surface area contributed by atoms with Gasteiger partial charge in [-0.25, -0.2) is 0 Å². The first-order valence-electron chi connectivity index (χ1n) is 7.14. The van der Waals surface area contributed by atoms with E-state index in [2.05, 4.69) is 29.7 Å². The van der Waals surface area contributed by atoms with Crippen molar-refractivity contribution in [2.24, 2.45) is 0 Å². The van der Waals surface area contributed by atoms with Crippen LogP contribution >= 0.6 is 0 Å². The van der Waals surface area contributed by atoms with Gasteiger partial charge in [0, 0.05) is 0 Å². The van der Waals surface area contributed by atoms with Crippen molar-refractivity contribution in [1.82, 2.24) is 5.32 Å². The maximum absolute atomic E-state index is 6.10. The number of hydrogen-bond donors (Lipinski definition) is 2. The van der Waals surface area contributed by atoms with Gasteiger partial charge in [-0.2, -0.15) is 0 Å². The van der Waals surface area contributed by atoms with Crippen LogP contribution in [0.2, 0.25) is 0 Å². The second-order valence-corrected chi connectivity index (χ2v) is 5.28. The molecule has 3 heteroatoms. The minimum absolute atomic E-state index is 0.337. The lowest BCUT2D eigenvalue weighted by Crippen LogP contribution is -2.30. The Morgan fingerprint density at radius 1 is 1.22 bits per heavy atom. The summed E-state index contributed by atoms with van der Waals surface area (Å²) in [6.07, 6.45) is 4.89. The molecule has 0 amide bonds. The molecule has 2 aliphatic rings. The van der Waals surface area contributed by atoms with Crippen LogP contribution in [0.3, 0.4) is 0 Å². The van der Waals surface area contributed by atoms with E-state index >= 15 is 0 Å². The van der Waals surface area contributed by atoms with Crippen molar-refractivity contribution in [3.63, 3.8) is 0 Å². The summed E-state index contributed by atoms with van der Waals surface area (Å²) in [5.74, 6) is 1.06. The Bertz CT molecular complexity index is 431. The second-order valence-electron chi connectivity index (χ2n) is 5.28. The van der Waals surface area contributed by atoms with Crippen molar-refractivity contribution < 1.29 is 4.74 Å². The molecule has 0 aromatic heterocycles. The van der Waals surface area contributed by atoms with Crippen LogP contribution in [0, 0.1) is 0 Å². The Balaban J connectivity index is 1.86. The Hall–Kier alpha value is -1.22. The Kier molecular flexibility index (Phi) is 3.41. The molecular weight excluding hydrogens is 224 g/mol. The molecule has 3 rings (SSSR count). The van der Waals surface area contributed by atoms with Gasteiger partial charge in [0.25, 0.3) is 0 Å². The molecule has 0 saturated carbocycles. The molecule has 1 atom stereocenters. The van der Waals surface area contributed by atoms with Gasteiger partial charge in [0.05, 0.1) is 12.2 Å². The number of fused-ring (bicyclic) bond motifs is 2. The molecule has 2 N–H and O–H groups in total. The number of benzene rings is 1. The normalized spacial score (nSPS) is 22.2. The monoisotopic (exact) mass is 246 g/mol. The standard InChI is InChI=1S/C15H22N2O/c1-2-3-13-10-17-14-8-11-4-6-16-7-5-12(11)9-15(14)18-13/h8-9,13,16-17H,2-7,10H2,1H3. The molecule has 1 aromatic rings. The predicted molar refractivity (Wildman–Crippen MR) is 74.5 cm³/mol. The van der Waals surface area contributed by atoms with Crippen LogP contribution in [0.25, 0.3) is 0 Å². The van der Waals surface area contributed by atoms with Crippen molar-refractivity contribution in [1.29, 1.82) is 0 Å². The zero-order valence-corrected chi connectivity index (χ0v) is 11.1. The van der Waals surface area contributed by atoms with E-state index in [1.54, 1.807) is 0 Å². The Morgan fingerprint density at radius 3 is 2.78 bits per heavy atom. The molecule has 0 fully saturated rings. The third kappa shape index (κ3) is 2.32. The summed E-state index contributed by atoms with van der Waals surface area (Å²) < 4.78 is 6.10. The molecule has 18 heavy (non-hydrogen) atoms. The fraction of sp³-hybridized carbons (Fsp3) is 0.600. The molecule has 0 bridgehead atoms. The molecule has 2 aliphatic heterocycles. The average Bonchev–Trinajstić information content (AvgIpc) is 2.61.